The van der Waals surface area contributed by atoms with Crippen LogP contribution in [0.1, 0.15) is 37.0 Å². The fraction of sp³-hybridized carbons (Fsp3) is 0.300. The first-order chi connectivity index (χ1) is 19.0. The molecule has 40 heavy (non-hydrogen) atoms. The Morgan fingerprint density at radius 1 is 1.10 bits per heavy atom. The van der Waals surface area contributed by atoms with Crippen molar-refractivity contribution in [1.82, 2.24) is 20.9 Å². The van der Waals surface area contributed by atoms with E-state index in [9.17, 15) is 18.8 Å². The first kappa shape index (κ1) is 29.1. The number of carbonyl (C=O) groups excluding carboxylic acids is 3. The molecule has 0 radical (unpaired) electrons. The topological polar surface area (TPSA) is 117 Å². The number of nitrogens with two attached hydrogens (primary N) is 1. The third-order valence-electron chi connectivity index (χ3n) is 6.40. The Balaban J connectivity index is 1.55. The molecule has 3 aromatic carbocycles. The monoisotopic (exact) mass is 563 g/mol. The summed E-state index contributed by atoms with van der Waals surface area (Å²) in [6, 6.07) is 19.9. The van der Waals surface area contributed by atoms with E-state index in [1.165, 1.54) is 12.1 Å². The van der Waals surface area contributed by atoms with Crippen molar-refractivity contribution in [3.05, 3.63) is 89.2 Å². The van der Waals surface area contributed by atoms with Gasteiger partial charge in [-0.1, -0.05) is 66.4 Å². The van der Waals surface area contributed by atoms with Crippen molar-refractivity contribution in [2.75, 3.05) is 7.05 Å². The van der Waals surface area contributed by atoms with Gasteiger partial charge < -0.3 is 26.6 Å². The van der Waals surface area contributed by atoms with E-state index in [4.69, 9.17) is 5.73 Å². The minimum atomic E-state index is -0.906. The summed E-state index contributed by atoms with van der Waals surface area (Å²) < 4.78 is 14.1. The fourth-order valence-electron chi connectivity index (χ4n) is 4.46. The summed E-state index contributed by atoms with van der Waals surface area (Å²) in [7, 11) is 1.57. The maximum atomic E-state index is 14.1. The lowest BCUT2D eigenvalue weighted by atomic mass is 9.98. The lowest BCUT2D eigenvalue weighted by Gasteiger charge is -2.26. The molecule has 0 aliphatic carbocycles. The molecular weight excluding hydrogens is 529 g/mol. The molecule has 4 rings (SSSR count). The molecule has 1 aliphatic heterocycles. The Labute approximate surface area is 237 Å². The molecule has 3 aromatic rings. The lowest BCUT2D eigenvalue weighted by Crippen LogP contribution is -2.47. The molecule has 8 nitrogen and oxygen atoms in total. The van der Waals surface area contributed by atoms with Crippen LogP contribution in [0.25, 0.3) is 11.1 Å². The Morgan fingerprint density at radius 3 is 2.52 bits per heavy atom. The van der Waals surface area contributed by atoms with Crippen molar-refractivity contribution < 1.29 is 18.8 Å². The number of thioether (sulfide) groups is 1. The molecular formula is C30H34FN5O3S. The number of fused-ring (bicyclic) bond motifs is 1. The van der Waals surface area contributed by atoms with Gasteiger partial charge in [0.05, 0.1) is 0 Å². The largest absolute Gasteiger partial charge is 0.341 e. The average molecular weight is 564 g/mol. The van der Waals surface area contributed by atoms with Crippen molar-refractivity contribution in [2.24, 2.45) is 5.73 Å². The minimum Gasteiger partial charge on any atom is -0.341 e. The number of hydrogen-bond acceptors (Lipinski definition) is 5. The highest BCUT2D eigenvalue weighted by Gasteiger charge is 2.32. The van der Waals surface area contributed by atoms with Gasteiger partial charge in [0, 0.05) is 43.5 Å². The molecule has 1 heterocycles. The van der Waals surface area contributed by atoms with E-state index in [1.807, 2.05) is 48.5 Å². The summed E-state index contributed by atoms with van der Waals surface area (Å²) in [5.41, 5.74) is 9.93. The average Bonchev–Trinajstić information content (AvgIpc) is 3.02. The molecule has 5 N–H and O–H groups in total. The van der Waals surface area contributed by atoms with E-state index in [0.717, 1.165) is 39.6 Å². The third kappa shape index (κ3) is 7.61. The molecule has 1 atom stereocenters. The fourth-order valence-corrected chi connectivity index (χ4v) is 5.62. The normalized spacial score (nSPS) is 15.2. The van der Waals surface area contributed by atoms with Gasteiger partial charge in [0.1, 0.15) is 5.82 Å². The standard InChI is InChI=1S/C30H34FN5O3S/c1-30(2,32)15-26(37)35-27-28(38)36(18-22-12-13-23(31)14-25(22)40-27)17-19-8-10-20(11-9-19)24-7-5-4-6-21(24)16-34-29(39)33-3/h4-14,27H,15-18,32H2,1-3H3,(H,35,37)(H2,33,34,39)/t27-/m1/s1. The minimum absolute atomic E-state index is 0.0505. The maximum Gasteiger partial charge on any atom is 0.314 e. The number of benzene rings is 3. The molecule has 1 aliphatic rings. The zero-order valence-electron chi connectivity index (χ0n) is 22.8. The zero-order valence-corrected chi connectivity index (χ0v) is 23.6. The highest BCUT2D eigenvalue weighted by atomic mass is 32.2. The van der Waals surface area contributed by atoms with Crippen LogP contribution in [0, 0.1) is 5.82 Å². The van der Waals surface area contributed by atoms with Crippen LogP contribution in [-0.4, -0.2) is 40.7 Å². The molecule has 0 spiro atoms. The summed E-state index contributed by atoms with van der Waals surface area (Å²) >= 11 is 1.14. The lowest BCUT2D eigenvalue weighted by molar-refractivity contribution is -0.135. The van der Waals surface area contributed by atoms with Crippen molar-refractivity contribution in [1.29, 1.82) is 0 Å². The SMILES string of the molecule is CNC(=O)NCc1ccccc1-c1ccc(CN2Cc3ccc(F)cc3S[C@@H](NC(=O)CC(C)(C)N)C2=O)cc1. The molecule has 0 bridgehead atoms. The predicted molar refractivity (Wildman–Crippen MR) is 154 cm³/mol. The Morgan fingerprint density at radius 2 is 1.82 bits per heavy atom. The molecule has 0 aromatic heterocycles. The third-order valence-corrected chi connectivity index (χ3v) is 7.59. The van der Waals surface area contributed by atoms with Crippen LogP contribution < -0.4 is 21.7 Å². The van der Waals surface area contributed by atoms with E-state index in [0.29, 0.717) is 18.0 Å². The van der Waals surface area contributed by atoms with E-state index in [2.05, 4.69) is 16.0 Å². The van der Waals surface area contributed by atoms with Crippen LogP contribution >= 0.6 is 11.8 Å². The molecule has 0 fully saturated rings. The van der Waals surface area contributed by atoms with Gasteiger partial charge in [0.25, 0.3) is 5.91 Å². The quantitative estimate of drug-likeness (QED) is 0.329. The summed E-state index contributed by atoms with van der Waals surface area (Å²) in [5, 5.41) is 7.26. The van der Waals surface area contributed by atoms with Crippen LogP contribution in [0.3, 0.4) is 0 Å². The molecule has 0 saturated carbocycles. The maximum absolute atomic E-state index is 14.1. The first-order valence-electron chi connectivity index (χ1n) is 13.0. The number of carbonyl (C=O) groups is 3. The second kappa shape index (κ2) is 12.5. The van der Waals surface area contributed by atoms with Crippen molar-refractivity contribution in [3.63, 3.8) is 0 Å². The van der Waals surface area contributed by atoms with Crippen molar-refractivity contribution in [2.45, 2.75) is 55.7 Å². The number of halogens is 1. The van der Waals surface area contributed by atoms with Gasteiger partial charge in [-0.05, 0) is 53.8 Å². The van der Waals surface area contributed by atoms with Gasteiger partial charge in [-0.3, -0.25) is 9.59 Å². The smallest absolute Gasteiger partial charge is 0.314 e. The highest BCUT2D eigenvalue weighted by Crippen LogP contribution is 2.33. The summed E-state index contributed by atoms with van der Waals surface area (Å²) in [5.74, 6) is -1.01. The number of urea groups is 1. The van der Waals surface area contributed by atoms with Crippen LogP contribution in [-0.2, 0) is 29.2 Å². The van der Waals surface area contributed by atoms with Gasteiger partial charge >= 0.3 is 6.03 Å². The zero-order chi connectivity index (χ0) is 28.9. The summed E-state index contributed by atoms with van der Waals surface area (Å²) in [6.07, 6.45) is 0.0505. The second-order valence-corrected chi connectivity index (χ2v) is 11.6. The number of nitrogens with zero attached hydrogens (tertiary/aromatic N) is 1. The Bertz CT molecular complexity index is 1390. The van der Waals surface area contributed by atoms with E-state index in [1.54, 1.807) is 31.9 Å². The first-order valence-corrected chi connectivity index (χ1v) is 13.9. The number of hydrogen-bond donors (Lipinski definition) is 4. The highest BCUT2D eigenvalue weighted by molar-refractivity contribution is 8.00. The number of nitrogens with one attached hydrogen (secondary N) is 3. The number of amides is 4. The van der Waals surface area contributed by atoms with Crippen molar-refractivity contribution in [3.8, 4) is 11.1 Å². The summed E-state index contributed by atoms with van der Waals surface area (Å²) in [6.45, 7) is 4.46. The van der Waals surface area contributed by atoms with Gasteiger partial charge in [0.2, 0.25) is 5.91 Å². The van der Waals surface area contributed by atoms with E-state index in [-0.39, 0.29) is 30.8 Å². The van der Waals surface area contributed by atoms with Gasteiger partial charge in [-0.2, -0.15) is 0 Å². The molecule has 0 saturated heterocycles. The predicted octanol–water partition coefficient (Wildman–Crippen LogP) is 4.13. The molecule has 10 heteroatoms. The van der Waals surface area contributed by atoms with Gasteiger partial charge in [-0.15, -0.1) is 0 Å². The Hall–Kier alpha value is -3.89. The van der Waals surface area contributed by atoms with Crippen LogP contribution in [0.4, 0.5) is 9.18 Å². The van der Waals surface area contributed by atoms with Crippen LogP contribution in [0.5, 0.6) is 0 Å². The second-order valence-electron chi connectivity index (χ2n) is 10.5. The number of rotatable bonds is 8. The van der Waals surface area contributed by atoms with Crippen molar-refractivity contribution >= 4 is 29.6 Å². The van der Waals surface area contributed by atoms with E-state index >= 15 is 0 Å². The summed E-state index contributed by atoms with van der Waals surface area (Å²) in [4.78, 5) is 40.2. The van der Waals surface area contributed by atoms with Gasteiger partial charge in [-0.25, -0.2) is 9.18 Å². The molecule has 210 valence electrons. The Kier molecular flexibility index (Phi) is 9.11. The van der Waals surface area contributed by atoms with Crippen LogP contribution in [0.2, 0.25) is 0 Å². The molecule has 0 unspecified atom stereocenters. The van der Waals surface area contributed by atoms with E-state index < -0.39 is 16.7 Å². The molecule has 4 amide bonds. The van der Waals surface area contributed by atoms with Crippen LogP contribution in [0.15, 0.2) is 71.6 Å². The van der Waals surface area contributed by atoms with Gasteiger partial charge in [0.15, 0.2) is 5.37 Å².